The van der Waals surface area contributed by atoms with Gasteiger partial charge in [0.1, 0.15) is 23.3 Å². The molecule has 98 valence electrons. The highest BCUT2D eigenvalue weighted by Crippen LogP contribution is 2.29. The van der Waals surface area contributed by atoms with Crippen molar-refractivity contribution in [1.29, 1.82) is 5.26 Å². The Morgan fingerprint density at radius 2 is 1.95 bits per heavy atom. The maximum Gasteiger partial charge on any atom is 0.147 e. The number of imidazole rings is 1. The van der Waals surface area contributed by atoms with E-state index in [0.29, 0.717) is 11.6 Å². The molecule has 0 bridgehead atoms. The van der Waals surface area contributed by atoms with E-state index in [1.54, 1.807) is 0 Å². The first-order valence-corrected chi connectivity index (χ1v) is 6.50. The van der Waals surface area contributed by atoms with Crippen LogP contribution in [0.3, 0.4) is 0 Å². The van der Waals surface area contributed by atoms with Crippen molar-refractivity contribution in [3.05, 3.63) is 40.8 Å². The number of hydrogen-bond donors (Lipinski definition) is 0. The molecule has 2 aromatic rings. The molecule has 0 saturated carbocycles. The van der Waals surface area contributed by atoms with Crippen LogP contribution >= 0.6 is 0 Å². The van der Waals surface area contributed by atoms with Crippen LogP contribution in [0.2, 0.25) is 0 Å². The summed E-state index contributed by atoms with van der Waals surface area (Å²) in [7, 11) is 1.88. The van der Waals surface area contributed by atoms with Gasteiger partial charge in [0.15, 0.2) is 0 Å². The third-order valence-corrected chi connectivity index (χ3v) is 3.61. The molecule has 0 saturated heterocycles. The van der Waals surface area contributed by atoms with Gasteiger partial charge >= 0.3 is 0 Å². The van der Waals surface area contributed by atoms with Gasteiger partial charge in [0.05, 0.1) is 0 Å². The molecule has 0 unspecified atom stereocenters. The quantitative estimate of drug-likeness (QED) is 0.819. The van der Waals surface area contributed by atoms with E-state index in [0.717, 1.165) is 22.6 Å². The Balaban J connectivity index is 2.69. The second kappa shape index (κ2) is 4.89. The van der Waals surface area contributed by atoms with E-state index in [-0.39, 0.29) is 0 Å². The maximum atomic E-state index is 9.33. The molecule has 1 aromatic heterocycles. The van der Waals surface area contributed by atoms with E-state index < -0.39 is 0 Å². The van der Waals surface area contributed by atoms with Gasteiger partial charge in [-0.2, -0.15) is 5.26 Å². The van der Waals surface area contributed by atoms with Crippen molar-refractivity contribution in [1.82, 2.24) is 9.55 Å². The molecule has 19 heavy (non-hydrogen) atoms. The summed E-state index contributed by atoms with van der Waals surface area (Å²) in [6.07, 6.45) is 0. The first-order chi connectivity index (χ1) is 8.95. The van der Waals surface area contributed by atoms with Crippen LogP contribution in [0.25, 0.3) is 11.3 Å². The summed E-state index contributed by atoms with van der Waals surface area (Å²) >= 11 is 0. The highest BCUT2D eigenvalue weighted by atomic mass is 15.1. The van der Waals surface area contributed by atoms with Crippen LogP contribution in [-0.4, -0.2) is 9.55 Å². The normalized spacial score (nSPS) is 10.8. The second-order valence-electron chi connectivity index (χ2n) is 5.26. The van der Waals surface area contributed by atoms with Crippen LogP contribution in [-0.2, 0) is 7.05 Å². The lowest BCUT2D eigenvalue weighted by atomic mass is 9.96. The molecule has 0 amide bonds. The van der Waals surface area contributed by atoms with Crippen LogP contribution < -0.4 is 0 Å². The number of aryl methyl sites for hydroxylation is 2. The number of nitrogens with zero attached hydrogens (tertiary/aromatic N) is 3. The zero-order chi connectivity index (χ0) is 14.2. The van der Waals surface area contributed by atoms with Crippen molar-refractivity contribution in [2.75, 3.05) is 0 Å². The van der Waals surface area contributed by atoms with Gasteiger partial charge in [0.25, 0.3) is 0 Å². The van der Waals surface area contributed by atoms with Crippen molar-refractivity contribution in [2.24, 2.45) is 7.05 Å². The fourth-order valence-corrected chi connectivity index (χ4v) is 2.18. The predicted octanol–water partition coefficient (Wildman–Crippen LogP) is 3.70. The molecule has 0 aliphatic carbocycles. The molecule has 1 aromatic carbocycles. The van der Waals surface area contributed by atoms with E-state index >= 15 is 0 Å². The average molecular weight is 253 g/mol. The Kier molecular flexibility index (Phi) is 3.44. The van der Waals surface area contributed by atoms with E-state index in [1.807, 2.05) is 18.5 Å². The summed E-state index contributed by atoms with van der Waals surface area (Å²) in [4.78, 5) is 4.55. The third-order valence-electron chi connectivity index (χ3n) is 3.61. The van der Waals surface area contributed by atoms with Crippen LogP contribution in [0.5, 0.6) is 0 Å². The van der Waals surface area contributed by atoms with Gasteiger partial charge in [-0.15, -0.1) is 0 Å². The molecule has 0 N–H and O–H groups in total. The SMILES string of the molecule is Cc1ccc(C(C)C)cc1-c1nc(C)n(C)c1C#N. The van der Waals surface area contributed by atoms with Crippen LogP contribution in [0.4, 0.5) is 0 Å². The molecular formula is C16H19N3. The average Bonchev–Trinajstić information content (AvgIpc) is 2.65. The minimum absolute atomic E-state index is 0.467. The van der Waals surface area contributed by atoms with E-state index in [4.69, 9.17) is 0 Å². The zero-order valence-corrected chi connectivity index (χ0v) is 12.2. The fourth-order valence-electron chi connectivity index (χ4n) is 2.18. The molecule has 0 aliphatic heterocycles. The first kappa shape index (κ1) is 13.4. The van der Waals surface area contributed by atoms with Gasteiger partial charge in [0.2, 0.25) is 0 Å². The monoisotopic (exact) mass is 253 g/mol. The Hall–Kier alpha value is -2.08. The number of nitriles is 1. The molecule has 1 heterocycles. The summed E-state index contributed by atoms with van der Waals surface area (Å²) < 4.78 is 1.84. The van der Waals surface area contributed by atoms with Crippen LogP contribution in [0, 0.1) is 25.2 Å². The smallest absolute Gasteiger partial charge is 0.147 e. The minimum Gasteiger partial charge on any atom is -0.323 e. The lowest BCUT2D eigenvalue weighted by molar-refractivity contribution is 0.845. The third kappa shape index (κ3) is 2.26. The number of benzene rings is 1. The van der Waals surface area contributed by atoms with Crippen molar-refractivity contribution < 1.29 is 0 Å². The highest BCUT2D eigenvalue weighted by molar-refractivity contribution is 5.69. The van der Waals surface area contributed by atoms with E-state index in [2.05, 4.69) is 50.0 Å². The molecule has 2 rings (SSSR count). The summed E-state index contributed by atoms with van der Waals surface area (Å²) in [5, 5.41) is 9.33. The number of hydrogen-bond acceptors (Lipinski definition) is 2. The van der Waals surface area contributed by atoms with Gasteiger partial charge in [-0.3, -0.25) is 0 Å². The van der Waals surface area contributed by atoms with Crippen LogP contribution in [0.1, 0.15) is 42.4 Å². The largest absolute Gasteiger partial charge is 0.323 e. The van der Waals surface area contributed by atoms with E-state index in [1.165, 1.54) is 5.56 Å². The van der Waals surface area contributed by atoms with Crippen molar-refractivity contribution in [2.45, 2.75) is 33.6 Å². The maximum absolute atomic E-state index is 9.33. The van der Waals surface area contributed by atoms with Gasteiger partial charge < -0.3 is 4.57 Å². The molecule has 0 atom stereocenters. The van der Waals surface area contributed by atoms with Crippen molar-refractivity contribution in [3.63, 3.8) is 0 Å². The van der Waals surface area contributed by atoms with Crippen molar-refractivity contribution >= 4 is 0 Å². The summed E-state index contributed by atoms with van der Waals surface area (Å²) in [6, 6.07) is 8.67. The van der Waals surface area contributed by atoms with Crippen LogP contribution in [0.15, 0.2) is 18.2 Å². The summed E-state index contributed by atoms with van der Waals surface area (Å²) in [5.41, 5.74) is 4.90. The molecule has 0 spiro atoms. The standard InChI is InChI=1S/C16H19N3/c1-10(2)13-7-6-11(3)14(8-13)16-15(9-17)19(5)12(4)18-16/h6-8,10H,1-5H3. The lowest BCUT2D eigenvalue weighted by Crippen LogP contribution is -1.95. The molecular weight excluding hydrogens is 234 g/mol. The summed E-state index contributed by atoms with van der Waals surface area (Å²) in [6.45, 7) is 8.32. The van der Waals surface area contributed by atoms with Crippen molar-refractivity contribution in [3.8, 4) is 17.3 Å². The highest BCUT2D eigenvalue weighted by Gasteiger charge is 2.16. The predicted molar refractivity (Wildman–Crippen MR) is 76.9 cm³/mol. The minimum atomic E-state index is 0.467. The Bertz CT molecular complexity index is 657. The number of rotatable bonds is 2. The molecule has 0 fully saturated rings. The van der Waals surface area contributed by atoms with Gasteiger partial charge in [-0.25, -0.2) is 4.98 Å². The van der Waals surface area contributed by atoms with E-state index in [9.17, 15) is 5.26 Å². The first-order valence-electron chi connectivity index (χ1n) is 6.50. The molecule has 3 nitrogen and oxygen atoms in total. The Morgan fingerprint density at radius 1 is 1.26 bits per heavy atom. The molecule has 0 radical (unpaired) electrons. The molecule has 3 heteroatoms. The fraction of sp³-hybridized carbons (Fsp3) is 0.375. The lowest BCUT2D eigenvalue weighted by Gasteiger charge is -2.10. The topological polar surface area (TPSA) is 41.6 Å². The van der Waals surface area contributed by atoms with Gasteiger partial charge in [-0.1, -0.05) is 26.0 Å². The molecule has 0 aliphatic rings. The summed E-state index contributed by atoms with van der Waals surface area (Å²) in [5.74, 6) is 1.33. The van der Waals surface area contributed by atoms with Gasteiger partial charge in [-0.05, 0) is 37.0 Å². The Morgan fingerprint density at radius 3 is 2.53 bits per heavy atom. The Labute approximate surface area is 114 Å². The van der Waals surface area contributed by atoms with Gasteiger partial charge in [0, 0.05) is 12.6 Å². The zero-order valence-electron chi connectivity index (χ0n) is 12.2. The second-order valence-corrected chi connectivity index (χ2v) is 5.26. The number of aromatic nitrogens is 2.